The van der Waals surface area contributed by atoms with Crippen molar-refractivity contribution < 1.29 is 4.74 Å². The number of nitriles is 1. The van der Waals surface area contributed by atoms with Crippen molar-refractivity contribution in [1.29, 1.82) is 5.26 Å². The van der Waals surface area contributed by atoms with Gasteiger partial charge in [0.1, 0.15) is 5.69 Å². The fourth-order valence-electron chi connectivity index (χ4n) is 4.68. The smallest absolute Gasteiger partial charge is 0.228 e. The molecule has 0 amide bonds. The van der Waals surface area contributed by atoms with Crippen LogP contribution in [0.5, 0.6) is 5.75 Å². The lowest BCUT2D eigenvalue weighted by Gasteiger charge is -2.45. The topological polar surface area (TPSA) is 48.6 Å². The number of hydrogen-bond acceptors (Lipinski definition) is 4. The van der Waals surface area contributed by atoms with Gasteiger partial charge in [-0.05, 0) is 43.0 Å². The summed E-state index contributed by atoms with van der Waals surface area (Å²) in [5, 5.41) is 11.2. The minimum absolute atomic E-state index is 0.318. The fourth-order valence-corrected chi connectivity index (χ4v) is 4.68. The average Bonchev–Trinajstić information content (AvgIpc) is 2.91. The Bertz CT molecular complexity index is 1250. The number of likely N-dealkylation sites (N-methyl/N-ethyl adjacent to an activating group) is 1. The van der Waals surface area contributed by atoms with Crippen LogP contribution in [0.3, 0.4) is 0 Å². The zero-order valence-electron chi connectivity index (χ0n) is 16.7. The van der Waals surface area contributed by atoms with Crippen LogP contribution in [0, 0.1) is 11.3 Å². The van der Waals surface area contributed by atoms with Gasteiger partial charge in [-0.2, -0.15) is 5.26 Å². The van der Waals surface area contributed by atoms with Crippen LogP contribution in [0.15, 0.2) is 65.7 Å². The van der Waals surface area contributed by atoms with E-state index >= 15 is 0 Å². The molecule has 0 N–H and O–H groups in total. The number of nitrogens with zero attached hydrogens (tertiary/aromatic N) is 3. The molecule has 0 aromatic heterocycles. The molecule has 1 atom stereocenters. The molecule has 0 fully saturated rings. The van der Waals surface area contributed by atoms with Gasteiger partial charge in [0.05, 0.1) is 17.7 Å². The van der Waals surface area contributed by atoms with Crippen molar-refractivity contribution in [3.05, 3.63) is 71.8 Å². The van der Waals surface area contributed by atoms with Crippen molar-refractivity contribution in [2.75, 3.05) is 11.9 Å². The number of rotatable bonds is 1. The Labute approximate surface area is 170 Å². The molecule has 0 saturated carbocycles. The highest BCUT2D eigenvalue weighted by Gasteiger charge is 2.58. The Balaban J connectivity index is 1.76. The SMILES string of the molecule is CN1c2ccccc2C(C)(C)C12C=Nc1c(c(C=CC#N)cc3ccccc13)O2. The van der Waals surface area contributed by atoms with E-state index in [0.717, 1.165) is 27.7 Å². The summed E-state index contributed by atoms with van der Waals surface area (Å²) in [6.45, 7) is 4.39. The lowest BCUT2D eigenvalue weighted by molar-refractivity contribution is 0.0824. The van der Waals surface area contributed by atoms with E-state index in [-0.39, 0.29) is 5.41 Å². The van der Waals surface area contributed by atoms with Crippen LogP contribution < -0.4 is 9.64 Å². The standard InChI is InChI=1S/C25H21N3O/c1-24(2)20-12-6-7-13-21(20)28(3)25(24)16-27-22-19-11-5-4-9-17(19)15-18(10-8-14-26)23(22)29-25/h4-13,15-16H,1-3H3. The van der Waals surface area contributed by atoms with Gasteiger partial charge in [-0.1, -0.05) is 42.5 Å². The molecule has 2 aliphatic rings. The van der Waals surface area contributed by atoms with E-state index < -0.39 is 5.72 Å². The summed E-state index contributed by atoms with van der Waals surface area (Å²) in [5.41, 5.74) is 2.97. The zero-order chi connectivity index (χ0) is 20.2. The summed E-state index contributed by atoms with van der Waals surface area (Å²) in [6.07, 6.45) is 5.23. The summed E-state index contributed by atoms with van der Waals surface area (Å²) in [5.74, 6) is 0.713. The lowest BCUT2D eigenvalue weighted by Crippen LogP contribution is -2.61. The minimum atomic E-state index is -0.749. The molecular weight excluding hydrogens is 358 g/mol. The van der Waals surface area contributed by atoms with E-state index in [1.54, 1.807) is 6.08 Å². The Hall–Kier alpha value is -3.58. The maximum absolute atomic E-state index is 9.08. The predicted octanol–water partition coefficient (Wildman–Crippen LogP) is 5.60. The largest absolute Gasteiger partial charge is 0.459 e. The first-order valence-electron chi connectivity index (χ1n) is 9.69. The molecule has 0 bridgehead atoms. The van der Waals surface area contributed by atoms with Gasteiger partial charge >= 0.3 is 0 Å². The molecule has 4 heteroatoms. The molecule has 4 nitrogen and oxygen atoms in total. The van der Waals surface area contributed by atoms with Crippen molar-refractivity contribution >= 4 is 34.4 Å². The van der Waals surface area contributed by atoms with Crippen molar-refractivity contribution in [3.8, 4) is 11.8 Å². The molecule has 3 aromatic rings. The molecule has 1 spiro atoms. The van der Waals surface area contributed by atoms with Gasteiger partial charge in [0.15, 0.2) is 5.75 Å². The summed E-state index contributed by atoms with van der Waals surface area (Å²) in [4.78, 5) is 7.11. The molecular formula is C25H21N3O. The summed E-state index contributed by atoms with van der Waals surface area (Å²) in [6, 6.07) is 20.7. The van der Waals surface area contributed by atoms with Crippen LogP contribution in [-0.2, 0) is 5.41 Å². The second-order valence-corrected chi connectivity index (χ2v) is 8.08. The van der Waals surface area contributed by atoms with Gasteiger partial charge < -0.3 is 9.64 Å². The average molecular weight is 379 g/mol. The number of para-hydroxylation sites is 1. The van der Waals surface area contributed by atoms with E-state index in [9.17, 15) is 0 Å². The summed E-state index contributed by atoms with van der Waals surface area (Å²) in [7, 11) is 2.05. The van der Waals surface area contributed by atoms with E-state index in [0.29, 0.717) is 5.75 Å². The third-order valence-electron chi connectivity index (χ3n) is 6.30. The molecule has 2 aliphatic heterocycles. The van der Waals surface area contributed by atoms with Crippen LogP contribution in [0.1, 0.15) is 25.0 Å². The van der Waals surface area contributed by atoms with E-state index in [1.165, 1.54) is 11.6 Å². The number of hydrogen-bond donors (Lipinski definition) is 0. The first kappa shape index (κ1) is 17.5. The Morgan fingerprint density at radius 1 is 1.10 bits per heavy atom. The summed E-state index contributed by atoms with van der Waals surface area (Å²) >= 11 is 0. The first-order valence-corrected chi connectivity index (χ1v) is 9.69. The van der Waals surface area contributed by atoms with Crippen molar-refractivity contribution in [2.24, 2.45) is 4.99 Å². The Morgan fingerprint density at radius 2 is 1.86 bits per heavy atom. The van der Waals surface area contributed by atoms with Crippen molar-refractivity contribution in [3.63, 3.8) is 0 Å². The Kier molecular flexibility index (Phi) is 3.60. The predicted molar refractivity (Wildman–Crippen MR) is 118 cm³/mol. The normalized spacial score (nSPS) is 21.2. The number of allylic oxidation sites excluding steroid dienone is 1. The van der Waals surface area contributed by atoms with Crippen LogP contribution in [0.4, 0.5) is 11.4 Å². The van der Waals surface area contributed by atoms with E-state index in [4.69, 9.17) is 15.0 Å². The molecule has 0 saturated heterocycles. The van der Waals surface area contributed by atoms with Crippen LogP contribution in [-0.4, -0.2) is 19.0 Å². The molecule has 5 rings (SSSR count). The second kappa shape index (κ2) is 5.96. The zero-order valence-corrected chi connectivity index (χ0v) is 16.7. The second-order valence-electron chi connectivity index (χ2n) is 8.08. The molecule has 0 aliphatic carbocycles. The number of benzene rings is 3. The van der Waals surface area contributed by atoms with Gasteiger partial charge in [0.25, 0.3) is 0 Å². The maximum atomic E-state index is 9.08. The van der Waals surface area contributed by atoms with Crippen LogP contribution in [0.25, 0.3) is 16.8 Å². The highest BCUT2D eigenvalue weighted by Crippen LogP contribution is 2.55. The first-order chi connectivity index (χ1) is 14.0. The fraction of sp³-hybridized carbons (Fsp3) is 0.200. The van der Waals surface area contributed by atoms with Gasteiger partial charge in [0.2, 0.25) is 5.72 Å². The number of anilines is 1. The van der Waals surface area contributed by atoms with Crippen LogP contribution >= 0.6 is 0 Å². The molecule has 29 heavy (non-hydrogen) atoms. The Morgan fingerprint density at radius 3 is 2.66 bits per heavy atom. The minimum Gasteiger partial charge on any atom is -0.459 e. The monoisotopic (exact) mass is 379 g/mol. The lowest BCUT2D eigenvalue weighted by atomic mass is 9.77. The third kappa shape index (κ3) is 2.22. The maximum Gasteiger partial charge on any atom is 0.228 e. The van der Waals surface area contributed by atoms with Gasteiger partial charge in [-0.15, -0.1) is 0 Å². The number of ether oxygens (including phenoxy) is 1. The molecule has 0 radical (unpaired) electrons. The quantitative estimate of drug-likeness (QED) is 0.518. The molecule has 3 aromatic carbocycles. The van der Waals surface area contributed by atoms with Crippen LogP contribution in [0.2, 0.25) is 0 Å². The van der Waals surface area contributed by atoms with Gasteiger partial charge in [0, 0.05) is 29.8 Å². The molecule has 142 valence electrons. The van der Waals surface area contributed by atoms with Gasteiger partial charge in [-0.3, -0.25) is 4.99 Å². The van der Waals surface area contributed by atoms with E-state index in [1.807, 2.05) is 24.4 Å². The number of aliphatic imine (C=N–C) groups is 1. The molecule has 2 heterocycles. The highest BCUT2D eigenvalue weighted by molar-refractivity contribution is 6.02. The van der Waals surface area contributed by atoms with E-state index in [2.05, 4.69) is 68.3 Å². The summed E-state index contributed by atoms with van der Waals surface area (Å²) < 4.78 is 6.84. The van der Waals surface area contributed by atoms with Crippen molar-refractivity contribution in [1.82, 2.24) is 0 Å². The third-order valence-corrected chi connectivity index (χ3v) is 6.30. The highest BCUT2D eigenvalue weighted by atomic mass is 16.5. The molecule has 1 unspecified atom stereocenters. The number of fused-ring (bicyclic) bond motifs is 4. The van der Waals surface area contributed by atoms with Gasteiger partial charge in [-0.25, -0.2) is 0 Å². The van der Waals surface area contributed by atoms with Crippen molar-refractivity contribution in [2.45, 2.75) is 25.0 Å².